The van der Waals surface area contributed by atoms with Gasteiger partial charge in [0, 0.05) is 0 Å². The van der Waals surface area contributed by atoms with Crippen LogP contribution < -0.4 is 4.74 Å². The molecule has 1 unspecified atom stereocenters. The van der Waals surface area contributed by atoms with Crippen molar-refractivity contribution in [2.24, 2.45) is 17.0 Å². The van der Waals surface area contributed by atoms with E-state index in [2.05, 4.69) is 38.1 Å². The van der Waals surface area contributed by atoms with E-state index in [1.54, 1.807) is 0 Å². The average molecular weight is 311 g/mol. The van der Waals surface area contributed by atoms with Gasteiger partial charge in [0.05, 0.1) is 0 Å². The molecule has 2 rings (SSSR count). The van der Waals surface area contributed by atoms with E-state index in [4.69, 9.17) is 4.74 Å². The Morgan fingerprint density at radius 3 is 1.87 bits per heavy atom. The van der Waals surface area contributed by atoms with Gasteiger partial charge in [-0.2, -0.15) is 4.91 Å². The van der Waals surface area contributed by atoms with Crippen LogP contribution in [0.15, 0.2) is 53.7 Å². The molecule has 0 bridgehead atoms. The van der Waals surface area contributed by atoms with Crippen molar-refractivity contribution in [3.8, 4) is 11.5 Å². The van der Waals surface area contributed by atoms with Crippen LogP contribution in [0.3, 0.4) is 0 Å². The number of nitroso groups, excluding NO2 is 1. The van der Waals surface area contributed by atoms with E-state index < -0.39 is 0 Å². The molecule has 3 heteroatoms. The van der Waals surface area contributed by atoms with Crippen molar-refractivity contribution in [3.63, 3.8) is 0 Å². The van der Waals surface area contributed by atoms with Gasteiger partial charge < -0.3 is 4.74 Å². The minimum atomic E-state index is 0.198. The van der Waals surface area contributed by atoms with Gasteiger partial charge in [-0.25, -0.2) is 0 Å². The third-order valence-corrected chi connectivity index (χ3v) is 4.36. The molecule has 23 heavy (non-hydrogen) atoms. The normalized spacial score (nSPS) is 12.2. The molecule has 0 fully saturated rings. The average Bonchev–Trinajstić information content (AvgIpc) is 2.56. The number of rotatable bonds is 8. The Bertz CT molecular complexity index is 603. The zero-order valence-electron chi connectivity index (χ0n) is 14.2. The zero-order chi connectivity index (χ0) is 16.7. The summed E-state index contributed by atoms with van der Waals surface area (Å²) in [6.45, 7) is 7.06. The SMILES string of the molecule is CC(C)C(C)CCc1ccc(Oc2ccc(CN=O)cc2)cc1. The molecular weight excluding hydrogens is 286 g/mol. The van der Waals surface area contributed by atoms with Crippen molar-refractivity contribution in [2.75, 3.05) is 0 Å². The second-order valence-electron chi connectivity index (χ2n) is 6.44. The summed E-state index contributed by atoms with van der Waals surface area (Å²) in [5.41, 5.74) is 2.24. The fraction of sp³-hybridized carbons (Fsp3) is 0.400. The molecule has 2 aromatic rings. The highest BCUT2D eigenvalue weighted by atomic mass is 16.5. The molecule has 0 amide bonds. The minimum Gasteiger partial charge on any atom is -0.457 e. The zero-order valence-corrected chi connectivity index (χ0v) is 14.2. The maximum Gasteiger partial charge on any atom is 0.127 e. The summed E-state index contributed by atoms with van der Waals surface area (Å²) in [5.74, 6) is 3.06. The molecule has 1 atom stereocenters. The van der Waals surface area contributed by atoms with Gasteiger partial charge in [0.15, 0.2) is 0 Å². The van der Waals surface area contributed by atoms with Gasteiger partial charge in [-0.15, -0.1) is 0 Å². The summed E-state index contributed by atoms with van der Waals surface area (Å²) in [4.78, 5) is 10.2. The summed E-state index contributed by atoms with van der Waals surface area (Å²) in [6, 6.07) is 15.7. The highest BCUT2D eigenvalue weighted by molar-refractivity contribution is 5.34. The first-order valence-corrected chi connectivity index (χ1v) is 8.23. The lowest BCUT2D eigenvalue weighted by molar-refractivity contribution is 0.392. The second-order valence-corrected chi connectivity index (χ2v) is 6.44. The molecule has 0 N–H and O–H groups in total. The van der Waals surface area contributed by atoms with Crippen LogP contribution in [0, 0.1) is 16.7 Å². The van der Waals surface area contributed by atoms with Crippen molar-refractivity contribution < 1.29 is 4.74 Å². The first kappa shape index (κ1) is 17.2. The first-order valence-electron chi connectivity index (χ1n) is 8.23. The summed E-state index contributed by atoms with van der Waals surface area (Å²) in [7, 11) is 0. The van der Waals surface area contributed by atoms with Crippen LogP contribution in [0.1, 0.15) is 38.3 Å². The molecule has 0 heterocycles. The number of nitrogens with zero attached hydrogens (tertiary/aromatic N) is 1. The highest BCUT2D eigenvalue weighted by Gasteiger charge is 2.07. The van der Waals surface area contributed by atoms with Gasteiger partial charge in [-0.1, -0.05) is 50.2 Å². The molecule has 0 saturated carbocycles. The van der Waals surface area contributed by atoms with Gasteiger partial charge in [0.25, 0.3) is 0 Å². The number of ether oxygens (including phenoxy) is 1. The van der Waals surface area contributed by atoms with E-state index in [1.807, 2.05) is 36.4 Å². The van der Waals surface area contributed by atoms with Crippen molar-refractivity contribution in [1.29, 1.82) is 0 Å². The van der Waals surface area contributed by atoms with E-state index in [-0.39, 0.29) is 6.54 Å². The van der Waals surface area contributed by atoms with Crippen molar-refractivity contribution in [2.45, 2.75) is 40.2 Å². The van der Waals surface area contributed by atoms with Crippen LogP contribution in [-0.2, 0) is 13.0 Å². The molecule has 0 radical (unpaired) electrons. The van der Waals surface area contributed by atoms with E-state index in [0.717, 1.165) is 35.3 Å². The lowest BCUT2D eigenvalue weighted by atomic mass is 9.91. The summed E-state index contributed by atoms with van der Waals surface area (Å²) < 4.78 is 5.82. The van der Waals surface area contributed by atoms with Gasteiger partial charge in [0.2, 0.25) is 0 Å². The van der Waals surface area contributed by atoms with Crippen LogP contribution in [0.25, 0.3) is 0 Å². The van der Waals surface area contributed by atoms with E-state index >= 15 is 0 Å². The Hall–Kier alpha value is -2.16. The van der Waals surface area contributed by atoms with Crippen LogP contribution in [0.5, 0.6) is 11.5 Å². The Kier molecular flexibility index (Phi) is 6.33. The fourth-order valence-electron chi connectivity index (χ4n) is 2.33. The number of benzene rings is 2. The molecule has 0 aliphatic rings. The van der Waals surface area contributed by atoms with Gasteiger partial charge in [0.1, 0.15) is 18.0 Å². The number of hydrogen-bond donors (Lipinski definition) is 0. The fourth-order valence-corrected chi connectivity index (χ4v) is 2.33. The second kappa shape index (κ2) is 8.47. The summed E-state index contributed by atoms with van der Waals surface area (Å²) >= 11 is 0. The Labute approximate surface area is 138 Å². The summed E-state index contributed by atoms with van der Waals surface area (Å²) in [5, 5.41) is 2.88. The van der Waals surface area contributed by atoms with Crippen molar-refractivity contribution in [1.82, 2.24) is 0 Å². The quantitative estimate of drug-likeness (QED) is 0.563. The molecule has 0 spiro atoms. The summed E-state index contributed by atoms with van der Waals surface area (Å²) in [6.07, 6.45) is 2.32. The van der Waals surface area contributed by atoms with Crippen molar-refractivity contribution >= 4 is 0 Å². The monoisotopic (exact) mass is 311 g/mol. The van der Waals surface area contributed by atoms with E-state index in [0.29, 0.717) is 0 Å². The van der Waals surface area contributed by atoms with Gasteiger partial charge in [-0.05, 0) is 60.1 Å². The molecule has 3 nitrogen and oxygen atoms in total. The standard InChI is InChI=1S/C20H25NO2/c1-15(2)16(3)4-5-17-6-10-19(11-7-17)23-20-12-8-18(9-13-20)14-21-22/h6-13,15-16H,4-5,14H2,1-3H3. The van der Waals surface area contributed by atoms with Crippen molar-refractivity contribution in [3.05, 3.63) is 64.6 Å². The van der Waals surface area contributed by atoms with E-state index in [1.165, 1.54) is 12.0 Å². The molecule has 0 aliphatic heterocycles. The predicted octanol–water partition coefficient (Wildman–Crippen LogP) is 5.97. The molecule has 0 aromatic heterocycles. The maximum absolute atomic E-state index is 10.2. The molecule has 0 saturated heterocycles. The van der Waals surface area contributed by atoms with Gasteiger partial charge >= 0.3 is 0 Å². The Balaban J connectivity index is 1.90. The topological polar surface area (TPSA) is 38.7 Å². The number of hydrogen-bond acceptors (Lipinski definition) is 3. The first-order chi connectivity index (χ1) is 11.1. The minimum absolute atomic E-state index is 0.198. The molecule has 0 aliphatic carbocycles. The number of aryl methyl sites for hydroxylation is 1. The third kappa shape index (κ3) is 5.51. The predicted molar refractivity (Wildman–Crippen MR) is 94.8 cm³/mol. The highest BCUT2D eigenvalue weighted by Crippen LogP contribution is 2.23. The van der Waals surface area contributed by atoms with Gasteiger partial charge in [-0.3, -0.25) is 0 Å². The third-order valence-electron chi connectivity index (χ3n) is 4.36. The van der Waals surface area contributed by atoms with Crippen LogP contribution in [-0.4, -0.2) is 0 Å². The smallest absolute Gasteiger partial charge is 0.127 e. The lowest BCUT2D eigenvalue weighted by Gasteiger charge is -2.15. The Morgan fingerprint density at radius 2 is 1.39 bits per heavy atom. The van der Waals surface area contributed by atoms with Crippen LogP contribution >= 0.6 is 0 Å². The Morgan fingerprint density at radius 1 is 0.870 bits per heavy atom. The largest absolute Gasteiger partial charge is 0.457 e. The molecule has 2 aromatic carbocycles. The molecule has 122 valence electrons. The molecular formula is C20H25NO2. The van der Waals surface area contributed by atoms with Crippen LogP contribution in [0.4, 0.5) is 0 Å². The van der Waals surface area contributed by atoms with E-state index in [9.17, 15) is 4.91 Å². The maximum atomic E-state index is 10.2. The lowest BCUT2D eigenvalue weighted by Crippen LogP contribution is -2.05. The van der Waals surface area contributed by atoms with Crippen LogP contribution in [0.2, 0.25) is 0 Å².